The van der Waals surface area contributed by atoms with Crippen molar-refractivity contribution in [2.24, 2.45) is 4.99 Å². The van der Waals surface area contributed by atoms with E-state index in [0.29, 0.717) is 16.9 Å². The molecule has 28 heavy (non-hydrogen) atoms. The van der Waals surface area contributed by atoms with Gasteiger partial charge in [0.05, 0.1) is 27.8 Å². The molecule has 0 unspecified atom stereocenters. The van der Waals surface area contributed by atoms with Gasteiger partial charge in [-0.3, -0.25) is 14.9 Å². The highest BCUT2D eigenvalue weighted by Crippen LogP contribution is 2.20. The SMILES string of the molecule is C=CCn1c(=NC(=O)c2ccc([N+](=O)[O-])cc2)sc2cc(C(=O)OC)ccc21. The Kier molecular flexibility index (Phi) is 5.46. The van der Waals surface area contributed by atoms with Gasteiger partial charge < -0.3 is 9.30 Å². The minimum atomic E-state index is -0.533. The van der Waals surface area contributed by atoms with Crippen LogP contribution in [0.25, 0.3) is 10.2 Å². The van der Waals surface area contributed by atoms with Crippen LogP contribution in [-0.4, -0.2) is 28.5 Å². The third kappa shape index (κ3) is 3.74. The van der Waals surface area contributed by atoms with E-state index in [1.807, 2.05) is 0 Å². The summed E-state index contributed by atoms with van der Waals surface area (Å²) >= 11 is 1.25. The van der Waals surface area contributed by atoms with Gasteiger partial charge in [-0.1, -0.05) is 17.4 Å². The first-order valence-electron chi connectivity index (χ1n) is 8.10. The molecule has 0 saturated carbocycles. The van der Waals surface area contributed by atoms with Crippen LogP contribution >= 0.6 is 11.3 Å². The second-order valence-electron chi connectivity index (χ2n) is 5.68. The van der Waals surface area contributed by atoms with Crippen LogP contribution in [-0.2, 0) is 11.3 Å². The molecule has 0 aliphatic rings. The Morgan fingerprint density at radius 1 is 1.25 bits per heavy atom. The first-order valence-corrected chi connectivity index (χ1v) is 8.92. The number of nitrogens with zero attached hydrogens (tertiary/aromatic N) is 3. The number of ether oxygens (including phenoxy) is 1. The first kappa shape index (κ1) is 19.2. The molecule has 142 valence electrons. The van der Waals surface area contributed by atoms with Crippen molar-refractivity contribution in [1.29, 1.82) is 0 Å². The van der Waals surface area contributed by atoms with Crippen molar-refractivity contribution >= 4 is 39.1 Å². The Labute approximate surface area is 163 Å². The zero-order valence-corrected chi connectivity index (χ0v) is 15.6. The number of aromatic nitrogens is 1. The van der Waals surface area contributed by atoms with E-state index in [1.54, 1.807) is 28.8 Å². The second kappa shape index (κ2) is 7.97. The zero-order valence-electron chi connectivity index (χ0n) is 14.8. The quantitative estimate of drug-likeness (QED) is 0.284. The number of nitro benzene ring substituents is 1. The Morgan fingerprint density at radius 3 is 2.54 bits per heavy atom. The van der Waals surface area contributed by atoms with Crippen LogP contribution in [0.4, 0.5) is 5.69 Å². The fraction of sp³-hybridized carbons (Fsp3) is 0.105. The average molecular weight is 397 g/mol. The fourth-order valence-corrected chi connectivity index (χ4v) is 3.66. The lowest BCUT2D eigenvalue weighted by Crippen LogP contribution is -2.16. The summed E-state index contributed by atoms with van der Waals surface area (Å²) in [5.41, 5.74) is 1.34. The molecular weight excluding hydrogens is 382 g/mol. The predicted molar refractivity (Wildman–Crippen MR) is 104 cm³/mol. The highest BCUT2D eigenvalue weighted by Gasteiger charge is 2.13. The predicted octanol–water partition coefficient (Wildman–Crippen LogP) is 3.32. The van der Waals surface area contributed by atoms with Crippen molar-refractivity contribution in [3.63, 3.8) is 0 Å². The van der Waals surface area contributed by atoms with E-state index < -0.39 is 16.8 Å². The number of esters is 1. The number of hydrogen-bond donors (Lipinski definition) is 0. The molecule has 8 nitrogen and oxygen atoms in total. The maximum Gasteiger partial charge on any atom is 0.337 e. The number of methoxy groups -OCH3 is 1. The highest BCUT2D eigenvalue weighted by molar-refractivity contribution is 7.16. The van der Waals surface area contributed by atoms with Crippen molar-refractivity contribution in [2.75, 3.05) is 7.11 Å². The molecule has 1 amide bonds. The lowest BCUT2D eigenvalue weighted by atomic mass is 10.2. The number of nitro groups is 1. The van der Waals surface area contributed by atoms with E-state index in [4.69, 9.17) is 4.74 Å². The average Bonchev–Trinajstić information content (AvgIpc) is 3.04. The molecule has 1 heterocycles. The molecule has 0 saturated heterocycles. The number of thiazole rings is 1. The normalized spacial score (nSPS) is 11.4. The molecular formula is C19H15N3O5S. The van der Waals surface area contributed by atoms with Crippen LogP contribution in [0.1, 0.15) is 20.7 Å². The van der Waals surface area contributed by atoms with E-state index in [2.05, 4.69) is 11.6 Å². The summed E-state index contributed by atoms with van der Waals surface area (Å²) in [6, 6.07) is 10.3. The minimum absolute atomic E-state index is 0.101. The van der Waals surface area contributed by atoms with Crippen molar-refractivity contribution in [3.8, 4) is 0 Å². The van der Waals surface area contributed by atoms with Gasteiger partial charge in [0.15, 0.2) is 4.80 Å². The monoisotopic (exact) mass is 397 g/mol. The van der Waals surface area contributed by atoms with Crippen molar-refractivity contribution < 1.29 is 19.2 Å². The Morgan fingerprint density at radius 2 is 1.93 bits per heavy atom. The van der Waals surface area contributed by atoms with Crippen LogP contribution in [0.2, 0.25) is 0 Å². The summed E-state index contributed by atoms with van der Waals surface area (Å²) in [4.78, 5) is 39.1. The Hall–Kier alpha value is -3.59. The van der Waals surface area contributed by atoms with Gasteiger partial charge in [0.25, 0.3) is 11.6 Å². The van der Waals surface area contributed by atoms with Gasteiger partial charge in [0.2, 0.25) is 0 Å². The minimum Gasteiger partial charge on any atom is -0.465 e. The number of benzene rings is 2. The molecule has 1 aromatic heterocycles. The summed E-state index contributed by atoms with van der Waals surface area (Å²) in [5.74, 6) is -0.974. The number of hydrogen-bond acceptors (Lipinski definition) is 6. The number of rotatable bonds is 5. The van der Waals surface area contributed by atoms with Crippen LogP contribution in [0, 0.1) is 10.1 Å². The zero-order chi connectivity index (χ0) is 20.3. The molecule has 2 aromatic carbocycles. The summed E-state index contributed by atoms with van der Waals surface area (Å²) in [6.07, 6.45) is 1.68. The molecule has 9 heteroatoms. The van der Waals surface area contributed by atoms with E-state index in [1.165, 1.54) is 42.7 Å². The van der Waals surface area contributed by atoms with Gasteiger partial charge >= 0.3 is 5.97 Å². The molecule has 0 N–H and O–H groups in total. The number of fused-ring (bicyclic) bond motifs is 1. The largest absolute Gasteiger partial charge is 0.465 e. The van der Waals surface area contributed by atoms with Crippen LogP contribution in [0.15, 0.2) is 60.1 Å². The number of non-ortho nitro benzene ring substituents is 1. The summed E-state index contributed by atoms with van der Waals surface area (Å²) in [7, 11) is 1.31. The molecule has 3 rings (SSSR count). The van der Waals surface area contributed by atoms with E-state index in [-0.39, 0.29) is 11.3 Å². The van der Waals surface area contributed by atoms with Gasteiger partial charge in [0.1, 0.15) is 0 Å². The molecule has 0 aliphatic heterocycles. The smallest absolute Gasteiger partial charge is 0.337 e. The van der Waals surface area contributed by atoms with Gasteiger partial charge in [-0.15, -0.1) is 6.58 Å². The first-order chi connectivity index (χ1) is 13.4. The molecule has 0 aliphatic carbocycles. The van der Waals surface area contributed by atoms with Gasteiger partial charge in [-0.2, -0.15) is 4.99 Å². The lowest BCUT2D eigenvalue weighted by molar-refractivity contribution is -0.384. The van der Waals surface area contributed by atoms with Crippen LogP contribution < -0.4 is 4.80 Å². The molecule has 0 spiro atoms. The standard InChI is InChI=1S/C19H15N3O5S/c1-3-10-21-15-9-6-13(18(24)27-2)11-16(15)28-19(21)20-17(23)12-4-7-14(8-5-12)22(25)26/h3-9,11H,1,10H2,2H3. The molecule has 3 aromatic rings. The molecule has 0 radical (unpaired) electrons. The van der Waals surface area contributed by atoms with Gasteiger partial charge in [-0.05, 0) is 30.3 Å². The summed E-state index contributed by atoms with van der Waals surface area (Å²) in [5, 5.41) is 10.7. The van der Waals surface area contributed by atoms with Crippen molar-refractivity contribution in [1.82, 2.24) is 4.57 Å². The van der Waals surface area contributed by atoms with Crippen molar-refractivity contribution in [3.05, 3.63) is 81.2 Å². The van der Waals surface area contributed by atoms with E-state index >= 15 is 0 Å². The highest BCUT2D eigenvalue weighted by atomic mass is 32.1. The van der Waals surface area contributed by atoms with E-state index in [9.17, 15) is 19.7 Å². The molecule has 0 fully saturated rings. The number of amides is 1. The molecule has 0 atom stereocenters. The van der Waals surface area contributed by atoms with Crippen LogP contribution in [0.5, 0.6) is 0 Å². The van der Waals surface area contributed by atoms with Crippen LogP contribution in [0.3, 0.4) is 0 Å². The van der Waals surface area contributed by atoms with Crippen molar-refractivity contribution in [2.45, 2.75) is 6.54 Å². The third-order valence-corrected chi connectivity index (χ3v) is 4.98. The lowest BCUT2D eigenvalue weighted by Gasteiger charge is -2.02. The maximum atomic E-state index is 12.5. The number of allylic oxidation sites excluding steroid dienone is 1. The summed E-state index contributed by atoms with van der Waals surface area (Å²) in [6.45, 7) is 4.15. The molecule has 0 bridgehead atoms. The van der Waals surface area contributed by atoms with Gasteiger partial charge in [-0.25, -0.2) is 4.79 Å². The van der Waals surface area contributed by atoms with E-state index in [0.717, 1.165) is 10.2 Å². The van der Waals surface area contributed by atoms with Gasteiger partial charge in [0, 0.05) is 24.2 Å². The Bertz CT molecular complexity index is 1160. The number of carbonyl (C=O) groups excluding carboxylic acids is 2. The Balaban J connectivity index is 2.08. The maximum absolute atomic E-state index is 12.5. The fourth-order valence-electron chi connectivity index (χ4n) is 2.59. The third-order valence-electron chi connectivity index (χ3n) is 3.94. The number of carbonyl (C=O) groups is 2. The topological polar surface area (TPSA) is 104 Å². The summed E-state index contributed by atoms with van der Waals surface area (Å²) < 4.78 is 7.30. The second-order valence-corrected chi connectivity index (χ2v) is 6.69.